The number of amides is 7. The molecule has 3 aliphatic rings. The fraction of sp³-hybridized carbons (Fsp3) is 0.263. The molecule has 2 fully saturated rings. The van der Waals surface area contributed by atoms with Crippen molar-refractivity contribution in [3.8, 4) is 0 Å². The Morgan fingerprint density at radius 1 is 0.949 bits per heavy atom. The lowest BCUT2D eigenvalue weighted by Crippen LogP contribution is -2.85. The van der Waals surface area contributed by atoms with Crippen molar-refractivity contribution >= 4 is 65.6 Å². The molecule has 3 aromatic carbocycles. The minimum Gasteiger partial charge on any atom is -0.448 e. The predicted molar refractivity (Wildman–Crippen MR) is 211 cm³/mol. The van der Waals surface area contributed by atoms with Crippen molar-refractivity contribution in [2.45, 2.75) is 35.3 Å². The van der Waals surface area contributed by atoms with Crippen molar-refractivity contribution in [3.05, 3.63) is 119 Å². The number of nitrogens with two attached hydrogens (primary N) is 1. The highest BCUT2D eigenvalue weighted by molar-refractivity contribution is 8.01. The Morgan fingerprint density at radius 2 is 1.58 bits per heavy atom. The molecular weight excluding hydrogens is 803 g/mol. The molecule has 7 rings (SSSR count). The van der Waals surface area contributed by atoms with E-state index in [0.717, 1.165) is 33.2 Å². The topological polar surface area (TPSA) is 244 Å². The van der Waals surface area contributed by atoms with E-state index < -0.39 is 58.8 Å². The zero-order valence-electron chi connectivity index (χ0n) is 31.3. The summed E-state index contributed by atoms with van der Waals surface area (Å²) in [7, 11) is 0. The van der Waals surface area contributed by atoms with Crippen molar-refractivity contribution < 1.29 is 38.3 Å². The molecule has 0 bridgehead atoms. The first-order chi connectivity index (χ1) is 28.6. The van der Waals surface area contributed by atoms with E-state index >= 15 is 0 Å². The van der Waals surface area contributed by atoms with E-state index in [4.69, 9.17) is 10.6 Å². The van der Waals surface area contributed by atoms with Gasteiger partial charge in [-0.2, -0.15) is 0 Å². The molecule has 4 aromatic rings. The van der Waals surface area contributed by atoms with E-state index in [2.05, 4.69) is 31.5 Å². The Hall–Kier alpha value is -6.74. The third-order valence-corrected chi connectivity index (χ3v) is 12.2. The number of esters is 1. The Kier molecular flexibility index (Phi) is 11.9. The number of fused-ring (bicyclic) bond motifs is 1. The van der Waals surface area contributed by atoms with Crippen molar-refractivity contribution in [2.24, 2.45) is 0 Å². The second-order valence-corrected chi connectivity index (χ2v) is 15.3. The molecule has 4 heterocycles. The molecule has 5 N–H and O–H groups in total. The number of thioether (sulfide) groups is 2. The van der Waals surface area contributed by atoms with Gasteiger partial charge in [0.2, 0.25) is 23.1 Å². The van der Waals surface area contributed by atoms with Crippen LogP contribution in [0.5, 0.6) is 0 Å². The van der Waals surface area contributed by atoms with E-state index in [1.54, 1.807) is 85.8 Å². The molecule has 0 radical (unpaired) electrons. The first kappa shape index (κ1) is 40.5. The maximum Gasteiger partial charge on any atom is 0.356 e. The molecule has 59 heavy (non-hydrogen) atoms. The number of tetrazole rings is 1. The molecule has 19 nitrogen and oxygen atoms in total. The largest absolute Gasteiger partial charge is 0.448 e. The van der Waals surface area contributed by atoms with Gasteiger partial charge in [0.05, 0.1) is 0 Å². The average molecular weight is 840 g/mol. The number of piperazine rings is 1. The number of urea groups is 1. The molecule has 3 aliphatic heterocycles. The number of aromatic nitrogens is 4. The van der Waals surface area contributed by atoms with Gasteiger partial charge in [-0.05, 0) is 39.6 Å². The minimum absolute atomic E-state index is 0.100. The summed E-state index contributed by atoms with van der Waals surface area (Å²) in [6.45, 7) is 1.96. The summed E-state index contributed by atoms with van der Waals surface area (Å²) in [6, 6.07) is 23.6. The quantitative estimate of drug-likeness (QED) is 0.0260. The summed E-state index contributed by atoms with van der Waals surface area (Å²) in [5, 5.41) is 17.9. The van der Waals surface area contributed by atoms with Crippen LogP contribution >= 0.6 is 23.5 Å². The number of imide groups is 1. The fourth-order valence-electron chi connectivity index (χ4n) is 6.86. The first-order valence-electron chi connectivity index (χ1n) is 18.2. The van der Waals surface area contributed by atoms with Crippen molar-refractivity contribution in [1.82, 2.24) is 51.0 Å². The number of β-lactam (4-membered cyclic amide) rings is 1. The molecule has 0 aliphatic carbocycles. The second kappa shape index (κ2) is 17.4. The van der Waals surface area contributed by atoms with Gasteiger partial charge >= 0.3 is 23.8 Å². The first-order valence-corrected chi connectivity index (χ1v) is 20.2. The van der Waals surface area contributed by atoms with Crippen molar-refractivity contribution in [2.75, 3.05) is 37.0 Å². The molecule has 2 saturated heterocycles. The van der Waals surface area contributed by atoms with Crippen LogP contribution in [0, 0.1) is 0 Å². The number of nitrogens with zero attached hydrogens (tertiary/aromatic N) is 7. The smallest absolute Gasteiger partial charge is 0.356 e. The Labute approximate surface area is 345 Å². The number of carbonyl (C=O) groups excluding carboxylic acids is 7. The van der Waals surface area contributed by atoms with Gasteiger partial charge < -0.3 is 31.4 Å². The third-order valence-electron chi connectivity index (χ3n) is 9.82. The van der Waals surface area contributed by atoms with Gasteiger partial charge in [-0.15, -0.1) is 16.6 Å². The van der Waals surface area contributed by atoms with Crippen LogP contribution in [0.3, 0.4) is 0 Å². The summed E-state index contributed by atoms with van der Waals surface area (Å²) in [5.41, 5.74) is -0.162. The van der Waals surface area contributed by atoms with Gasteiger partial charge in [0.15, 0.2) is 6.10 Å². The molecule has 0 spiro atoms. The molecule has 1 aromatic heterocycles. The fourth-order valence-corrected chi connectivity index (χ4v) is 9.22. The molecule has 1 unspecified atom stereocenters. The summed E-state index contributed by atoms with van der Waals surface area (Å²) in [5.74, 6) is 1.48. The number of likely N-dealkylation sites (N-methyl/N-ethyl adjacent to an activating group) is 1. The summed E-state index contributed by atoms with van der Waals surface area (Å²) in [4.78, 5) is 98.8. The molecule has 304 valence electrons. The SMILES string of the molecule is CCN1CCN(C(=O)NC(C(=O)N[C@]2(NC=O)C(=O)N3C(C(=O)OC(c4ccccc4)c4ccccc4)=C(CSc4nnnn4N)CS[C@H]32)c2ccccc2)C(=O)C1=O. The van der Waals surface area contributed by atoms with Crippen LogP contribution in [-0.4, -0.2) is 119 Å². The van der Waals surface area contributed by atoms with Crippen LogP contribution in [0.25, 0.3) is 0 Å². The normalized spacial score (nSPS) is 19.5. The maximum atomic E-state index is 14.6. The minimum atomic E-state index is -2.11. The lowest BCUT2D eigenvalue weighted by Gasteiger charge is -2.56. The van der Waals surface area contributed by atoms with Gasteiger partial charge in [0.1, 0.15) is 17.1 Å². The monoisotopic (exact) mass is 839 g/mol. The summed E-state index contributed by atoms with van der Waals surface area (Å²) < 4.78 is 6.23. The lowest BCUT2D eigenvalue weighted by atomic mass is 9.94. The van der Waals surface area contributed by atoms with Crippen LogP contribution in [0.1, 0.15) is 35.8 Å². The van der Waals surface area contributed by atoms with Gasteiger partial charge in [0.25, 0.3) is 5.91 Å². The van der Waals surface area contributed by atoms with Crippen LogP contribution in [0.15, 0.2) is 107 Å². The van der Waals surface area contributed by atoms with Crippen molar-refractivity contribution in [3.63, 3.8) is 0 Å². The number of nitrogen functional groups attached to an aromatic ring is 1. The van der Waals surface area contributed by atoms with E-state index in [0.29, 0.717) is 21.6 Å². The van der Waals surface area contributed by atoms with E-state index in [1.807, 2.05) is 12.1 Å². The zero-order valence-corrected chi connectivity index (χ0v) is 32.9. The average Bonchev–Trinajstić information content (AvgIpc) is 3.68. The van der Waals surface area contributed by atoms with E-state index in [-0.39, 0.29) is 54.0 Å². The Bertz CT molecular complexity index is 2260. The van der Waals surface area contributed by atoms with E-state index in [1.165, 1.54) is 4.90 Å². The standard InChI is InChI=1S/C38H37N11O8S2/c1-2-46-18-19-47(32(53)31(46)52)36(56)41-27(23-12-6-3-7-13-23)30(51)42-38(40-22-50)34(55)48-28(26(20-58-35(38)48)21-59-37-43-44-45-49(37)39)33(54)57-29(24-14-8-4-9-15-24)25-16-10-5-11-17-25/h3-17,22,27,29,35H,2,18-21,39H2,1H3,(H,40,50)(H,41,56)(H,42,51)/t27?,35-,38+/m0/s1. The highest BCUT2D eigenvalue weighted by Gasteiger charge is 2.66. The number of nitrogens with one attached hydrogen (secondary N) is 3. The van der Waals surface area contributed by atoms with Crippen molar-refractivity contribution in [1.29, 1.82) is 0 Å². The van der Waals surface area contributed by atoms with Gasteiger partial charge in [-0.3, -0.25) is 33.8 Å². The molecule has 7 amide bonds. The molecule has 21 heteroatoms. The van der Waals surface area contributed by atoms with E-state index in [9.17, 15) is 33.6 Å². The number of hydrogen-bond donors (Lipinski definition) is 4. The van der Waals surface area contributed by atoms with Gasteiger partial charge in [0, 0.05) is 31.1 Å². The third kappa shape index (κ3) is 7.93. The van der Waals surface area contributed by atoms with Gasteiger partial charge in [-0.25, -0.2) is 9.59 Å². The van der Waals surface area contributed by atoms with Gasteiger partial charge in [-0.1, -0.05) is 108 Å². The van der Waals surface area contributed by atoms with Crippen LogP contribution in [0.4, 0.5) is 4.79 Å². The number of rotatable bonds is 14. The maximum absolute atomic E-state index is 14.6. The second-order valence-electron chi connectivity index (χ2n) is 13.3. The zero-order chi connectivity index (χ0) is 41.7. The summed E-state index contributed by atoms with van der Waals surface area (Å²) in [6.07, 6.45) is -0.634. The number of hydrogen-bond acceptors (Lipinski definition) is 14. The van der Waals surface area contributed by atoms with Crippen LogP contribution < -0.4 is 21.8 Å². The molecule has 3 atom stereocenters. The number of benzene rings is 3. The highest BCUT2D eigenvalue weighted by Crippen LogP contribution is 2.47. The molecular formula is C38H37N11O8S2. The Balaban J connectivity index is 1.20. The Morgan fingerprint density at radius 3 is 2.15 bits per heavy atom. The lowest BCUT2D eigenvalue weighted by molar-refractivity contribution is -0.164. The highest BCUT2D eigenvalue weighted by atomic mass is 32.2. The molecule has 0 saturated carbocycles. The number of carbonyl (C=O) groups is 7. The predicted octanol–water partition coefficient (Wildman–Crippen LogP) is 0.681. The summed E-state index contributed by atoms with van der Waals surface area (Å²) >= 11 is 2.27. The van der Waals surface area contributed by atoms with Crippen LogP contribution in [0.2, 0.25) is 0 Å². The van der Waals surface area contributed by atoms with Crippen LogP contribution in [-0.2, 0) is 33.5 Å². The number of ether oxygens (including phenoxy) is 1.